The van der Waals surface area contributed by atoms with Gasteiger partial charge in [0, 0.05) is 11.4 Å². The van der Waals surface area contributed by atoms with E-state index >= 15 is 0 Å². The third-order valence-electron chi connectivity index (χ3n) is 2.50. The van der Waals surface area contributed by atoms with E-state index in [-0.39, 0.29) is 5.75 Å². The van der Waals surface area contributed by atoms with Crippen molar-refractivity contribution in [2.24, 2.45) is 0 Å². The second-order valence-corrected chi connectivity index (χ2v) is 7.05. The van der Waals surface area contributed by atoms with Gasteiger partial charge in [-0.05, 0) is 37.6 Å². The zero-order chi connectivity index (χ0) is 13.0. The molecule has 0 spiro atoms. The number of hydrogen-bond donors (Lipinski definition) is 1. The summed E-state index contributed by atoms with van der Waals surface area (Å²) in [6.45, 7) is 2.07. The summed E-state index contributed by atoms with van der Waals surface area (Å²) in [5, 5.41) is 0. The lowest BCUT2D eigenvalue weighted by molar-refractivity contribution is 0.582. The predicted octanol–water partition coefficient (Wildman–Crippen LogP) is 2.49. The van der Waals surface area contributed by atoms with Gasteiger partial charge in [0.15, 0.2) is 0 Å². The van der Waals surface area contributed by atoms with Crippen LogP contribution in [0.5, 0.6) is 0 Å². The molecule has 0 bridgehead atoms. The Hall–Kier alpha value is -1.11. The Morgan fingerprint density at radius 1 is 1.33 bits per heavy atom. The van der Waals surface area contributed by atoms with Gasteiger partial charge in [-0.1, -0.05) is 0 Å². The van der Waals surface area contributed by atoms with Gasteiger partial charge in [-0.25, -0.2) is 13.1 Å². The highest BCUT2D eigenvalue weighted by Gasteiger charge is 2.07. The average molecular weight is 285 g/mol. The highest BCUT2D eigenvalue weighted by molar-refractivity contribution is 7.89. The van der Waals surface area contributed by atoms with Gasteiger partial charge < -0.3 is 4.42 Å². The molecule has 0 radical (unpaired) electrons. The zero-order valence-corrected chi connectivity index (χ0v) is 11.7. The van der Waals surface area contributed by atoms with Crippen LogP contribution in [0.4, 0.5) is 0 Å². The number of rotatable bonds is 6. The Bertz CT molecular complexity index is 585. The average Bonchev–Trinajstić information content (AvgIpc) is 2.98. The predicted molar refractivity (Wildman–Crippen MR) is 73.2 cm³/mol. The first-order valence-corrected chi connectivity index (χ1v) is 8.17. The van der Waals surface area contributed by atoms with Gasteiger partial charge >= 0.3 is 0 Å². The minimum Gasteiger partial charge on any atom is -0.464 e. The van der Waals surface area contributed by atoms with Crippen LogP contribution < -0.4 is 4.72 Å². The Kier molecular flexibility index (Phi) is 4.21. The Morgan fingerprint density at radius 3 is 2.83 bits per heavy atom. The highest BCUT2D eigenvalue weighted by Crippen LogP contribution is 2.28. The molecule has 98 valence electrons. The number of thiophene rings is 1. The molecule has 2 heterocycles. The fourth-order valence-electron chi connectivity index (χ4n) is 1.50. The van der Waals surface area contributed by atoms with Crippen LogP contribution in [0.3, 0.4) is 0 Å². The van der Waals surface area contributed by atoms with Crippen molar-refractivity contribution in [1.82, 2.24) is 4.72 Å². The number of sulfonamides is 1. The summed E-state index contributed by atoms with van der Waals surface area (Å²) >= 11 is 1.62. The van der Waals surface area contributed by atoms with Crippen LogP contribution in [0.1, 0.15) is 11.8 Å². The lowest BCUT2D eigenvalue weighted by atomic mass is 10.3. The standard InChI is InChI=1S/C12H15NO3S2/c1-2-18(14,15)13-8-7-10-5-6-12(17-10)11-4-3-9-16-11/h3-6,9,13H,2,7-8H2,1H3. The van der Waals surface area contributed by atoms with E-state index in [0.29, 0.717) is 13.0 Å². The van der Waals surface area contributed by atoms with E-state index in [9.17, 15) is 8.42 Å². The van der Waals surface area contributed by atoms with E-state index in [1.54, 1.807) is 24.5 Å². The molecule has 0 aliphatic rings. The molecule has 0 aliphatic heterocycles. The molecule has 6 heteroatoms. The minimum atomic E-state index is -3.09. The number of nitrogens with one attached hydrogen (secondary N) is 1. The first-order valence-electron chi connectivity index (χ1n) is 5.70. The van der Waals surface area contributed by atoms with E-state index in [0.717, 1.165) is 15.5 Å². The third-order valence-corrected chi connectivity index (χ3v) is 5.06. The van der Waals surface area contributed by atoms with Gasteiger partial charge in [0.05, 0.1) is 16.9 Å². The van der Waals surface area contributed by atoms with Crippen LogP contribution in [0.25, 0.3) is 10.6 Å². The molecule has 4 nitrogen and oxygen atoms in total. The van der Waals surface area contributed by atoms with Crippen LogP contribution >= 0.6 is 11.3 Å². The molecule has 0 aromatic carbocycles. The van der Waals surface area contributed by atoms with Crippen LogP contribution in [-0.2, 0) is 16.4 Å². The minimum absolute atomic E-state index is 0.120. The molecule has 2 aromatic heterocycles. The van der Waals surface area contributed by atoms with Crippen molar-refractivity contribution in [1.29, 1.82) is 0 Å². The summed E-state index contributed by atoms with van der Waals surface area (Å²) in [4.78, 5) is 2.20. The fraction of sp³-hybridized carbons (Fsp3) is 0.333. The Labute approximate surface area is 111 Å². The lowest BCUT2D eigenvalue weighted by Crippen LogP contribution is -2.27. The topological polar surface area (TPSA) is 59.3 Å². The summed E-state index contributed by atoms with van der Waals surface area (Å²) in [6, 6.07) is 7.76. The first-order chi connectivity index (χ1) is 8.61. The van der Waals surface area contributed by atoms with Gasteiger partial charge in [-0.3, -0.25) is 0 Å². The van der Waals surface area contributed by atoms with Crippen molar-refractivity contribution >= 4 is 21.4 Å². The summed E-state index contributed by atoms with van der Waals surface area (Å²) in [5.41, 5.74) is 0. The molecule has 2 aromatic rings. The molecule has 0 amide bonds. The Balaban J connectivity index is 1.92. The second kappa shape index (κ2) is 5.69. The molecule has 0 atom stereocenters. The Morgan fingerprint density at radius 2 is 2.17 bits per heavy atom. The second-order valence-electron chi connectivity index (χ2n) is 3.79. The zero-order valence-electron chi connectivity index (χ0n) is 10.0. The maximum Gasteiger partial charge on any atom is 0.211 e. The van der Waals surface area contributed by atoms with Gasteiger partial charge in [-0.15, -0.1) is 11.3 Å². The molecule has 0 aliphatic carbocycles. The maximum atomic E-state index is 11.3. The maximum absolute atomic E-state index is 11.3. The quantitative estimate of drug-likeness (QED) is 0.887. The summed E-state index contributed by atoms with van der Waals surface area (Å²) in [5.74, 6) is 0.968. The van der Waals surface area contributed by atoms with Crippen LogP contribution in [0.2, 0.25) is 0 Å². The van der Waals surface area contributed by atoms with Gasteiger partial charge in [-0.2, -0.15) is 0 Å². The molecule has 1 N–H and O–H groups in total. The summed E-state index contributed by atoms with van der Waals surface area (Å²) in [7, 11) is -3.09. The van der Waals surface area contributed by atoms with Crippen molar-refractivity contribution in [2.45, 2.75) is 13.3 Å². The summed E-state index contributed by atoms with van der Waals surface area (Å²) in [6.07, 6.45) is 2.34. The lowest BCUT2D eigenvalue weighted by Gasteiger charge is -2.02. The summed E-state index contributed by atoms with van der Waals surface area (Å²) < 4.78 is 30.4. The largest absolute Gasteiger partial charge is 0.464 e. The molecule has 0 fully saturated rings. The van der Waals surface area contributed by atoms with Gasteiger partial charge in [0.25, 0.3) is 0 Å². The van der Waals surface area contributed by atoms with Crippen molar-refractivity contribution in [3.05, 3.63) is 35.4 Å². The number of hydrogen-bond acceptors (Lipinski definition) is 4. The van der Waals surface area contributed by atoms with Crippen molar-refractivity contribution in [3.8, 4) is 10.6 Å². The molecule has 0 unspecified atom stereocenters. The molecule has 0 saturated heterocycles. The van der Waals surface area contributed by atoms with E-state index in [4.69, 9.17) is 4.42 Å². The van der Waals surface area contributed by atoms with Gasteiger partial charge in [0.2, 0.25) is 10.0 Å². The first kappa shape index (κ1) is 13.3. The third kappa shape index (κ3) is 3.44. The van der Waals surface area contributed by atoms with E-state index in [2.05, 4.69) is 4.72 Å². The molecule has 18 heavy (non-hydrogen) atoms. The van der Waals surface area contributed by atoms with Crippen LogP contribution in [-0.4, -0.2) is 20.7 Å². The molecular weight excluding hydrogens is 270 g/mol. The monoisotopic (exact) mass is 285 g/mol. The van der Waals surface area contributed by atoms with Gasteiger partial charge in [0.1, 0.15) is 5.76 Å². The smallest absolute Gasteiger partial charge is 0.211 e. The molecule has 2 rings (SSSR count). The highest BCUT2D eigenvalue weighted by atomic mass is 32.2. The van der Waals surface area contributed by atoms with E-state index < -0.39 is 10.0 Å². The molecule has 0 saturated carbocycles. The van der Waals surface area contributed by atoms with E-state index in [1.165, 1.54) is 0 Å². The number of furan rings is 1. The SMILES string of the molecule is CCS(=O)(=O)NCCc1ccc(-c2ccco2)s1. The molecular formula is C12H15NO3S2. The van der Waals surface area contributed by atoms with Crippen molar-refractivity contribution < 1.29 is 12.8 Å². The van der Waals surface area contributed by atoms with Crippen LogP contribution in [0.15, 0.2) is 34.9 Å². The normalized spacial score (nSPS) is 11.8. The van der Waals surface area contributed by atoms with E-state index in [1.807, 2.05) is 24.3 Å². The van der Waals surface area contributed by atoms with Crippen molar-refractivity contribution in [3.63, 3.8) is 0 Å². The van der Waals surface area contributed by atoms with Crippen LogP contribution in [0, 0.1) is 0 Å². The van der Waals surface area contributed by atoms with Crippen molar-refractivity contribution in [2.75, 3.05) is 12.3 Å². The fourth-order valence-corrected chi connectivity index (χ4v) is 3.09.